The fourth-order valence-corrected chi connectivity index (χ4v) is 4.36. The molecular formula is C20H26N4O2S. The van der Waals surface area contributed by atoms with Crippen molar-refractivity contribution in [3.8, 4) is 5.75 Å². The first-order chi connectivity index (χ1) is 12.9. The molecule has 6 nitrogen and oxygen atoms in total. The van der Waals surface area contributed by atoms with Crippen LogP contribution in [0.5, 0.6) is 5.75 Å². The third-order valence-electron chi connectivity index (χ3n) is 5.56. The monoisotopic (exact) mass is 386 g/mol. The number of aromatic nitrogens is 1. The van der Waals surface area contributed by atoms with Crippen LogP contribution in [0.4, 0.5) is 5.82 Å². The van der Waals surface area contributed by atoms with Crippen molar-refractivity contribution in [2.75, 3.05) is 43.9 Å². The maximum atomic E-state index is 11.8. The molecule has 144 valence electrons. The van der Waals surface area contributed by atoms with Gasteiger partial charge in [0.1, 0.15) is 11.6 Å². The van der Waals surface area contributed by atoms with Crippen LogP contribution in [0.2, 0.25) is 0 Å². The smallest absolute Gasteiger partial charge is 0.128 e. The number of nitrogens with one attached hydrogen (secondary N) is 1. The lowest BCUT2D eigenvalue weighted by molar-refractivity contribution is 0.198. The minimum Gasteiger partial charge on any atom is -0.493 e. The predicted octanol–water partition coefficient (Wildman–Crippen LogP) is 2.94. The summed E-state index contributed by atoms with van der Waals surface area (Å²) in [5.74, 6) is 1.94. The van der Waals surface area contributed by atoms with Crippen molar-refractivity contribution in [1.29, 1.82) is 4.78 Å². The van der Waals surface area contributed by atoms with Crippen LogP contribution in [0, 0.1) is 4.78 Å². The van der Waals surface area contributed by atoms with Gasteiger partial charge in [0, 0.05) is 51.1 Å². The molecule has 2 aromatic rings. The van der Waals surface area contributed by atoms with Crippen LogP contribution >= 0.6 is 0 Å². The molecule has 0 aliphatic carbocycles. The van der Waals surface area contributed by atoms with Crippen molar-refractivity contribution in [3.05, 3.63) is 47.7 Å². The van der Waals surface area contributed by atoms with Crippen molar-refractivity contribution < 1.29 is 8.95 Å². The predicted molar refractivity (Wildman–Crippen MR) is 107 cm³/mol. The zero-order valence-electron chi connectivity index (χ0n) is 15.9. The fourth-order valence-electron chi connectivity index (χ4n) is 3.78. The van der Waals surface area contributed by atoms with Gasteiger partial charge in [-0.25, -0.2) is 14.0 Å². The van der Waals surface area contributed by atoms with Gasteiger partial charge in [0.05, 0.1) is 21.2 Å². The summed E-state index contributed by atoms with van der Waals surface area (Å²) in [7, 11) is -2.70. The highest BCUT2D eigenvalue weighted by Crippen LogP contribution is 2.31. The van der Waals surface area contributed by atoms with Crippen LogP contribution in [0.3, 0.4) is 0 Å². The first-order valence-electron chi connectivity index (χ1n) is 9.36. The topological polar surface area (TPSA) is 69.5 Å². The van der Waals surface area contributed by atoms with E-state index in [0.717, 1.165) is 50.8 Å². The summed E-state index contributed by atoms with van der Waals surface area (Å²) in [6, 6.07) is 10.6. The fraction of sp³-hybridized carbons (Fsp3) is 0.450. The van der Waals surface area contributed by atoms with Crippen molar-refractivity contribution in [1.82, 2.24) is 9.88 Å². The van der Waals surface area contributed by atoms with Gasteiger partial charge >= 0.3 is 0 Å². The number of benzene rings is 1. The number of hydrogen-bond donors (Lipinski definition) is 1. The maximum Gasteiger partial charge on any atom is 0.128 e. The number of nitrogens with zero attached hydrogens (tertiary/aromatic N) is 3. The standard InChI is InChI=1S/C20H26N4O2S/c1-15(17-4-3-16-7-12-26-19(16)13-17)23-8-10-24(11-9-23)20-6-5-18(14-22-20)27(2,21)25/h3-6,13-15,21H,7-12H2,1-2H3/t15-,27?/m0/s1. The van der Waals surface area contributed by atoms with E-state index in [0.29, 0.717) is 10.9 Å². The molecule has 1 aromatic carbocycles. The molecule has 1 N–H and O–H groups in total. The van der Waals surface area contributed by atoms with Crippen LogP contribution in [0.25, 0.3) is 0 Å². The second-order valence-corrected chi connectivity index (χ2v) is 9.52. The van der Waals surface area contributed by atoms with E-state index in [1.807, 2.05) is 6.07 Å². The van der Waals surface area contributed by atoms with E-state index in [2.05, 4.69) is 39.9 Å². The lowest BCUT2D eigenvalue weighted by Gasteiger charge is -2.38. The molecular weight excluding hydrogens is 360 g/mol. The molecule has 2 aliphatic rings. The molecule has 2 aliphatic heterocycles. The molecule has 4 rings (SSSR count). The molecule has 1 aromatic heterocycles. The average Bonchev–Trinajstić information content (AvgIpc) is 3.15. The van der Waals surface area contributed by atoms with Gasteiger partial charge in [0.15, 0.2) is 0 Å². The lowest BCUT2D eigenvalue weighted by Crippen LogP contribution is -2.47. The summed E-state index contributed by atoms with van der Waals surface area (Å²) in [6.07, 6.45) is 4.01. The molecule has 1 fully saturated rings. The Morgan fingerprint density at radius 3 is 2.63 bits per heavy atom. The number of hydrogen-bond acceptors (Lipinski definition) is 6. The Hall–Kier alpha value is -2.12. The van der Waals surface area contributed by atoms with E-state index >= 15 is 0 Å². The lowest BCUT2D eigenvalue weighted by atomic mass is 10.0. The van der Waals surface area contributed by atoms with Gasteiger partial charge in [-0.15, -0.1) is 0 Å². The van der Waals surface area contributed by atoms with Crippen molar-refractivity contribution in [2.45, 2.75) is 24.3 Å². The molecule has 0 spiro atoms. The molecule has 2 atom stereocenters. The van der Waals surface area contributed by atoms with Gasteiger partial charge in [-0.2, -0.15) is 0 Å². The summed E-state index contributed by atoms with van der Waals surface area (Å²) < 4.78 is 25.2. The normalized spacial score (nSPS) is 20.6. The van der Waals surface area contributed by atoms with Crippen LogP contribution in [-0.2, 0) is 16.1 Å². The van der Waals surface area contributed by atoms with Gasteiger partial charge in [0.2, 0.25) is 0 Å². The zero-order chi connectivity index (χ0) is 19.0. The summed E-state index contributed by atoms with van der Waals surface area (Å²) in [4.78, 5) is 9.65. The molecule has 0 amide bonds. The van der Waals surface area contributed by atoms with Crippen molar-refractivity contribution in [3.63, 3.8) is 0 Å². The SMILES string of the molecule is C[C@@H](c1ccc2c(c1)OCC2)N1CCN(c2ccc(S(C)(=N)=O)cn2)CC1. The average molecular weight is 387 g/mol. The van der Waals surface area contributed by atoms with Crippen molar-refractivity contribution in [2.24, 2.45) is 0 Å². The third-order valence-corrected chi connectivity index (χ3v) is 6.70. The quantitative estimate of drug-likeness (QED) is 0.875. The van der Waals surface area contributed by atoms with E-state index in [1.165, 1.54) is 17.4 Å². The number of ether oxygens (including phenoxy) is 1. The molecule has 27 heavy (non-hydrogen) atoms. The van der Waals surface area contributed by atoms with Gasteiger partial charge in [0.25, 0.3) is 0 Å². The molecule has 0 saturated carbocycles. The Bertz CT molecular complexity index is 919. The molecule has 0 radical (unpaired) electrons. The van der Waals surface area contributed by atoms with E-state index in [4.69, 9.17) is 9.52 Å². The molecule has 0 bridgehead atoms. The van der Waals surface area contributed by atoms with Gasteiger partial charge in [-0.05, 0) is 36.2 Å². The second-order valence-electron chi connectivity index (χ2n) is 7.36. The van der Waals surface area contributed by atoms with E-state index in [-0.39, 0.29) is 0 Å². The maximum absolute atomic E-state index is 11.8. The highest BCUT2D eigenvalue weighted by molar-refractivity contribution is 7.91. The molecule has 1 unspecified atom stereocenters. The van der Waals surface area contributed by atoms with Crippen LogP contribution in [0.1, 0.15) is 24.1 Å². The summed E-state index contributed by atoms with van der Waals surface area (Å²) in [5.41, 5.74) is 2.62. The largest absolute Gasteiger partial charge is 0.493 e. The Labute approximate surface area is 161 Å². The van der Waals surface area contributed by atoms with Gasteiger partial charge in [-0.1, -0.05) is 12.1 Å². The Morgan fingerprint density at radius 2 is 1.96 bits per heavy atom. The summed E-state index contributed by atoms with van der Waals surface area (Å²) in [5, 5.41) is 0. The Balaban J connectivity index is 1.40. The number of fused-ring (bicyclic) bond motifs is 1. The number of rotatable bonds is 4. The van der Waals surface area contributed by atoms with E-state index in [9.17, 15) is 4.21 Å². The highest BCUT2D eigenvalue weighted by Gasteiger charge is 2.24. The number of pyridine rings is 1. The first-order valence-corrected chi connectivity index (χ1v) is 11.3. The number of anilines is 1. The molecule has 1 saturated heterocycles. The minimum absolute atomic E-state index is 0.352. The first kappa shape index (κ1) is 18.3. The number of piperazine rings is 1. The van der Waals surface area contributed by atoms with E-state index < -0.39 is 9.73 Å². The molecule has 3 heterocycles. The van der Waals surface area contributed by atoms with Crippen LogP contribution in [-0.4, -0.2) is 53.1 Å². The minimum atomic E-state index is -2.70. The van der Waals surface area contributed by atoms with Gasteiger partial charge in [-0.3, -0.25) is 4.90 Å². The van der Waals surface area contributed by atoms with Crippen LogP contribution in [0.15, 0.2) is 41.4 Å². The second kappa shape index (κ2) is 7.13. The Morgan fingerprint density at radius 1 is 1.19 bits per heavy atom. The summed E-state index contributed by atoms with van der Waals surface area (Å²) in [6.45, 7) is 6.79. The van der Waals surface area contributed by atoms with E-state index in [1.54, 1.807) is 12.3 Å². The van der Waals surface area contributed by atoms with Crippen molar-refractivity contribution >= 4 is 15.5 Å². The third kappa shape index (κ3) is 3.80. The zero-order valence-corrected chi connectivity index (χ0v) is 16.7. The van der Waals surface area contributed by atoms with Gasteiger partial charge < -0.3 is 9.64 Å². The highest BCUT2D eigenvalue weighted by atomic mass is 32.2. The molecule has 7 heteroatoms. The van der Waals surface area contributed by atoms with Crippen LogP contribution < -0.4 is 9.64 Å². The summed E-state index contributed by atoms with van der Waals surface area (Å²) >= 11 is 0. The Kier molecular flexibility index (Phi) is 4.82.